The van der Waals surface area contributed by atoms with Crippen molar-refractivity contribution in [3.8, 4) is 0 Å². The second kappa shape index (κ2) is 24.4. The second-order valence-corrected chi connectivity index (χ2v) is 18.8. The van der Waals surface area contributed by atoms with Crippen molar-refractivity contribution in [3.63, 3.8) is 0 Å². The lowest BCUT2D eigenvalue weighted by Crippen LogP contribution is -2.38. The second-order valence-electron chi connectivity index (χ2n) is 17.5. The molecule has 0 radical (unpaired) electrons. The average Bonchev–Trinajstić information content (AvgIpc) is 4.06. The number of thiazole rings is 1. The predicted molar refractivity (Wildman–Crippen MR) is 259 cm³/mol. The van der Waals surface area contributed by atoms with E-state index in [-0.39, 0.29) is 41.7 Å². The first-order valence-corrected chi connectivity index (χ1v) is 24.2. The van der Waals surface area contributed by atoms with E-state index in [0.717, 1.165) is 114 Å². The highest BCUT2D eigenvalue weighted by Crippen LogP contribution is 2.26. The van der Waals surface area contributed by atoms with Crippen LogP contribution in [0.5, 0.6) is 0 Å². The summed E-state index contributed by atoms with van der Waals surface area (Å²) in [5.74, 6) is 0.855. The fourth-order valence-electron chi connectivity index (χ4n) is 9.06. The molecule has 4 aromatic carbocycles. The van der Waals surface area contributed by atoms with Crippen LogP contribution in [0, 0.1) is 17.8 Å². The molecule has 12 heteroatoms. The Morgan fingerprint density at radius 1 is 0.615 bits per heavy atom. The highest BCUT2D eigenvalue weighted by molar-refractivity contribution is 7.11. The topological polar surface area (TPSA) is 112 Å². The van der Waals surface area contributed by atoms with Gasteiger partial charge in [0.15, 0.2) is 22.4 Å². The van der Waals surface area contributed by atoms with E-state index < -0.39 is 0 Å². The van der Waals surface area contributed by atoms with Gasteiger partial charge in [-0.2, -0.15) is 5.10 Å². The fourth-order valence-corrected chi connectivity index (χ4v) is 9.84. The van der Waals surface area contributed by atoms with Crippen LogP contribution in [0.3, 0.4) is 0 Å². The minimum absolute atomic E-state index is 0.00672. The highest BCUT2D eigenvalue weighted by Gasteiger charge is 2.30. The maximum absolute atomic E-state index is 12.7. The van der Waals surface area contributed by atoms with E-state index in [0.29, 0.717) is 10.7 Å². The molecule has 3 aliphatic heterocycles. The van der Waals surface area contributed by atoms with Gasteiger partial charge in [0.2, 0.25) is 0 Å². The number of benzene rings is 4. The average molecular weight is 914 g/mol. The fraction of sp³-hybridized carbons (Fsp3) is 0.377. The number of aliphatic hydroxyl groups is 1. The van der Waals surface area contributed by atoms with Gasteiger partial charge in [-0.05, 0) is 98.6 Å². The van der Waals surface area contributed by atoms with Gasteiger partial charge in [0.25, 0.3) is 0 Å². The van der Waals surface area contributed by atoms with Gasteiger partial charge in [0.05, 0.1) is 6.61 Å². The molecule has 0 amide bonds. The molecule has 65 heavy (non-hydrogen) atoms. The Kier molecular flexibility index (Phi) is 18.0. The highest BCUT2D eigenvalue weighted by atomic mass is 35.5. The molecule has 3 saturated heterocycles. The van der Waals surface area contributed by atoms with Crippen LogP contribution in [-0.2, 0) is 33.3 Å². The molecular weight excluding hydrogens is 852 g/mol. The lowest BCUT2D eigenvalue weighted by molar-refractivity contribution is 0.0801. The SMILES string of the molecule is Cn1ccc(C(=O)C2CCCN(Cc3ccccc3)C2)n1.O=C(c1ccc(CO)cc1)C1CCCN(Cc2ccc(Cl)cc2)C1.O=C(c1nccs1)C1CCCN(Cc2ccccc2)C1. The third-order valence-corrected chi connectivity index (χ3v) is 13.5. The third-order valence-electron chi connectivity index (χ3n) is 12.5. The van der Waals surface area contributed by atoms with Crippen LogP contribution >= 0.6 is 22.9 Å². The quantitative estimate of drug-likeness (QED) is 0.113. The molecule has 3 aliphatic rings. The number of likely N-dealkylation sites (tertiary alicyclic amines) is 3. The molecule has 0 saturated carbocycles. The summed E-state index contributed by atoms with van der Waals surface area (Å²) in [5, 5.41) is 16.6. The molecule has 2 aromatic heterocycles. The number of nitrogens with zero attached hydrogens (tertiary/aromatic N) is 6. The largest absolute Gasteiger partial charge is 0.392 e. The zero-order chi connectivity index (χ0) is 45.4. The molecule has 10 nitrogen and oxygen atoms in total. The number of carbonyl (C=O) groups is 3. The number of hydrogen-bond donors (Lipinski definition) is 1. The van der Waals surface area contributed by atoms with E-state index >= 15 is 0 Å². The Labute approximate surface area is 392 Å². The minimum atomic E-state index is 0.00672. The number of halogens is 1. The molecule has 3 fully saturated rings. The van der Waals surface area contributed by atoms with E-state index in [9.17, 15) is 14.4 Å². The first-order valence-electron chi connectivity index (χ1n) is 22.9. The number of hydrogen-bond acceptors (Lipinski definition) is 10. The number of aryl methyl sites for hydroxylation is 1. The van der Waals surface area contributed by atoms with Gasteiger partial charge >= 0.3 is 0 Å². The van der Waals surface area contributed by atoms with Gasteiger partial charge in [0.1, 0.15) is 5.69 Å². The van der Waals surface area contributed by atoms with Gasteiger partial charge in [-0.1, -0.05) is 109 Å². The maximum Gasteiger partial charge on any atom is 0.195 e. The van der Waals surface area contributed by atoms with Crippen molar-refractivity contribution in [2.75, 3.05) is 39.3 Å². The van der Waals surface area contributed by atoms with E-state index in [1.54, 1.807) is 10.9 Å². The van der Waals surface area contributed by atoms with Crippen molar-refractivity contribution in [3.05, 3.63) is 177 Å². The van der Waals surface area contributed by atoms with Gasteiger partial charge in [0, 0.05) is 92.4 Å². The summed E-state index contributed by atoms with van der Waals surface area (Å²) in [6, 6.07) is 37.9. The summed E-state index contributed by atoms with van der Waals surface area (Å²) < 4.78 is 1.69. The molecule has 0 bridgehead atoms. The van der Waals surface area contributed by atoms with Gasteiger partial charge < -0.3 is 5.11 Å². The van der Waals surface area contributed by atoms with Crippen molar-refractivity contribution < 1.29 is 19.5 Å². The first-order chi connectivity index (χ1) is 31.7. The van der Waals surface area contributed by atoms with Crippen LogP contribution in [0.4, 0.5) is 0 Å². The molecule has 0 spiro atoms. The molecule has 9 rings (SSSR count). The van der Waals surface area contributed by atoms with Crippen LogP contribution in [0.2, 0.25) is 5.02 Å². The van der Waals surface area contributed by atoms with Crippen molar-refractivity contribution in [1.82, 2.24) is 29.5 Å². The number of aliphatic hydroxyl groups excluding tert-OH is 1. The first kappa shape index (κ1) is 47.8. The number of Topliss-reactive ketones (excluding diaryl/α,β-unsaturated/α-hetero) is 3. The standard InChI is InChI=1S/C20H22ClNO2.C17H21N3O.C16H18N2OS/c21-19-9-5-15(6-10-19)12-22-11-1-2-18(13-22)20(24)17-7-3-16(14-23)4-8-17;1-19-11-9-16(18-19)17(21)15-8-5-10-20(13-15)12-14-6-3-2-4-7-14;19-15(16-17-8-10-20-16)14-7-4-9-18(12-14)11-13-5-2-1-3-6-13/h3-10,18,23H,1-2,11-14H2;2-4,6-7,9,11,15H,5,8,10,12-13H2,1H3;1-3,5-6,8,10,14H,4,7,9,11-12H2. The number of piperidine rings is 3. The summed E-state index contributed by atoms with van der Waals surface area (Å²) >= 11 is 7.39. The number of carbonyl (C=O) groups excluding carboxylic acids is 3. The van der Waals surface area contributed by atoms with Gasteiger partial charge in [-0.3, -0.25) is 33.8 Å². The third kappa shape index (κ3) is 14.4. The Morgan fingerprint density at radius 2 is 1.09 bits per heavy atom. The molecule has 3 unspecified atom stereocenters. The zero-order valence-electron chi connectivity index (χ0n) is 37.4. The Balaban J connectivity index is 0.000000146. The molecule has 1 N–H and O–H groups in total. The summed E-state index contributed by atoms with van der Waals surface area (Å²) in [5.41, 5.74) is 6.02. The molecule has 0 aliphatic carbocycles. The number of rotatable bonds is 13. The summed E-state index contributed by atoms with van der Waals surface area (Å²) in [7, 11) is 1.85. The molecule has 340 valence electrons. The van der Waals surface area contributed by atoms with E-state index in [1.807, 2.05) is 85.4 Å². The normalized spacial score (nSPS) is 19.3. The van der Waals surface area contributed by atoms with Crippen molar-refractivity contribution >= 4 is 40.3 Å². The molecule has 6 aromatic rings. The van der Waals surface area contributed by atoms with E-state index in [1.165, 1.54) is 28.0 Å². The summed E-state index contributed by atoms with van der Waals surface area (Å²) in [6.07, 6.45) is 9.66. The number of ketones is 3. The summed E-state index contributed by atoms with van der Waals surface area (Å²) in [6.45, 7) is 8.38. The molecular formula is C53H61ClN6O4S. The minimum Gasteiger partial charge on any atom is -0.392 e. The Morgan fingerprint density at radius 3 is 1.55 bits per heavy atom. The van der Waals surface area contributed by atoms with Crippen LogP contribution in [0.1, 0.15) is 91.4 Å². The van der Waals surface area contributed by atoms with Crippen molar-refractivity contribution in [2.24, 2.45) is 24.8 Å². The van der Waals surface area contributed by atoms with Crippen LogP contribution in [0.15, 0.2) is 133 Å². The van der Waals surface area contributed by atoms with Gasteiger partial charge in [-0.25, -0.2) is 4.98 Å². The van der Waals surface area contributed by atoms with Crippen molar-refractivity contribution in [2.45, 2.75) is 64.8 Å². The summed E-state index contributed by atoms with van der Waals surface area (Å²) in [4.78, 5) is 48.9. The smallest absolute Gasteiger partial charge is 0.195 e. The van der Waals surface area contributed by atoms with Gasteiger partial charge in [-0.15, -0.1) is 11.3 Å². The zero-order valence-corrected chi connectivity index (χ0v) is 39.0. The molecule has 3 atom stereocenters. The molecule has 5 heterocycles. The number of aromatic nitrogens is 3. The lowest BCUT2D eigenvalue weighted by Gasteiger charge is -2.32. The predicted octanol–water partition coefficient (Wildman–Crippen LogP) is 9.68. The Hall–Kier alpha value is -5.14. The van der Waals surface area contributed by atoms with Crippen LogP contribution < -0.4 is 0 Å². The Bertz CT molecular complexity index is 2380. The van der Waals surface area contributed by atoms with E-state index in [2.05, 4.69) is 73.3 Å². The monoisotopic (exact) mass is 912 g/mol. The maximum atomic E-state index is 12.7. The van der Waals surface area contributed by atoms with Crippen LogP contribution in [-0.4, -0.2) is 91.2 Å². The lowest BCUT2D eigenvalue weighted by atomic mass is 9.89. The van der Waals surface area contributed by atoms with Crippen LogP contribution in [0.25, 0.3) is 0 Å². The van der Waals surface area contributed by atoms with Crippen molar-refractivity contribution in [1.29, 1.82) is 0 Å². The van der Waals surface area contributed by atoms with E-state index in [4.69, 9.17) is 16.7 Å².